The van der Waals surface area contributed by atoms with Crippen LogP contribution in [0, 0.1) is 11.3 Å². The minimum Gasteiger partial charge on any atom is -0.497 e. The smallest absolute Gasteiger partial charge is 0.126 e. The van der Waals surface area contributed by atoms with E-state index in [2.05, 4.69) is 17.0 Å². The van der Waals surface area contributed by atoms with E-state index in [1.165, 1.54) is 5.56 Å². The standard InChI is InChI=1S/C15H20N2O2/c1-18-13-3-4-14(15(11-13)19-2)12-5-8-17(9-6-12)10-7-16/h3-4,11-12H,5-6,8-10H2,1-2H3. The number of methoxy groups -OCH3 is 2. The molecule has 0 spiro atoms. The molecule has 0 amide bonds. The molecule has 0 bridgehead atoms. The molecule has 4 nitrogen and oxygen atoms in total. The lowest BCUT2D eigenvalue weighted by atomic mass is 9.88. The molecule has 0 aromatic heterocycles. The van der Waals surface area contributed by atoms with Gasteiger partial charge >= 0.3 is 0 Å². The Balaban J connectivity index is 2.09. The number of likely N-dealkylation sites (tertiary alicyclic amines) is 1. The first-order valence-corrected chi connectivity index (χ1v) is 6.59. The average Bonchev–Trinajstić information content (AvgIpc) is 2.48. The van der Waals surface area contributed by atoms with Crippen molar-refractivity contribution < 1.29 is 9.47 Å². The summed E-state index contributed by atoms with van der Waals surface area (Å²) in [6.45, 7) is 2.49. The van der Waals surface area contributed by atoms with Gasteiger partial charge in [0.05, 0.1) is 26.8 Å². The van der Waals surface area contributed by atoms with Crippen LogP contribution in [0.1, 0.15) is 24.3 Å². The van der Waals surface area contributed by atoms with Crippen LogP contribution in [0.25, 0.3) is 0 Å². The molecular weight excluding hydrogens is 240 g/mol. The normalized spacial score (nSPS) is 16.9. The second kappa shape index (κ2) is 6.44. The summed E-state index contributed by atoms with van der Waals surface area (Å²) in [4.78, 5) is 2.20. The summed E-state index contributed by atoms with van der Waals surface area (Å²) in [6.07, 6.45) is 2.15. The van der Waals surface area contributed by atoms with Gasteiger partial charge in [-0.2, -0.15) is 5.26 Å². The van der Waals surface area contributed by atoms with E-state index in [1.807, 2.05) is 12.1 Å². The quantitative estimate of drug-likeness (QED) is 0.780. The van der Waals surface area contributed by atoms with E-state index in [1.54, 1.807) is 14.2 Å². The van der Waals surface area contributed by atoms with Crippen LogP contribution in [0.4, 0.5) is 0 Å². The average molecular weight is 260 g/mol. The highest BCUT2D eigenvalue weighted by molar-refractivity contribution is 5.42. The molecule has 0 radical (unpaired) electrons. The molecule has 1 aliphatic heterocycles. The molecule has 4 heteroatoms. The Labute approximate surface area is 114 Å². The third kappa shape index (κ3) is 3.18. The lowest BCUT2D eigenvalue weighted by Crippen LogP contribution is -2.33. The minimum absolute atomic E-state index is 0.510. The Hall–Kier alpha value is -1.73. The molecule has 2 rings (SSSR count). The van der Waals surface area contributed by atoms with Crippen LogP contribution in [0.2, 0.25) is 0 Å². The molecule has 0 saturated carbocycles. The summed E-state index contributed by atoms with van der Waals surface area (Å²) in [5.74, 6) is 2.23. The van der Waals surface area contributed by atoms with Crippen molar-refractivity contribution in [2.24, 2.45) is 0 Å². The Morgan fingerprint density at radius 3 is 2.58 bits per heavy atom. The van der Waals surface area contributed by atoms with Crippen molar-refractivity contribution in [2.45, 2.75) is 18.8 Å². The SMILES string of the molecule is COc1ccc(C2CCN(CC#N)CC2)c(OC)c1. The van der Waals surface area contributed by atoms with Crippen LogP contribution in [-0.4, -0.2) is 38.8 Å². The highest BCUT2D eigenvalue weighted by Crippen LogP contribution is 2.36. The first-order valence-electron chi connectivity index (χ1n) is 6.59. The third-order valence-electron chi connectivity index (χ3n) is 3.76. The molecule has 102 valence electrons. The van der Waals surface area contributed by atoms with Crippen LogP contribution in [0.3, 0.4) is 0 Å². The second-order valence-electron chi connectivity index (χ2n) is 4.82. The highest BCUT2D eigenvalue weighted by atomic mass is 16.5. The maximum absolute atomic E-state index is 8.72. The molecule has 0 aliphatic carbocycles. The molecule has 0 N–H and O–H groups in total. The van der Waals surface area contributed by atoms with Gasteiger partial charge in [0.15, 0.2) is 0 Å². The van der Waals surface area contributed by atoms with E-state index in [0.29, 0.717) is 12.5 Å². The van der Waals surface area contributed by atoms with E-state index >= 15 is 0 Å². The Bertz CT molecular complexity index is 460. The number of rotatable bonds is 4. The number of ether oxygens (including phenoxy) is 2. The Kier molecular flexibility index (Phi) is 4.64. The zero-order valence-corrected chi connectivity index (χ0v) is 11.6. The minimum atomic E-state index is 0.510. The molecule has 1 aliphatic rings. The molecule has 19 heavy (non-hydrogen) atoms. The van der Waals surface area contributed by atoms with Crippen LogP contribution in [-0.2, 0) is 0 Å². The third-order valence-corrected chi connectivity index (χ3v) is 3.76. The largest absolute Gasteiger partial charge is 0.497 e. The molecule has 1 aromatic carbocycles. The number of nitriles is 1. The van der Waals surface area contributed by atoms with Crippen LogP contribution in [0.15, 0.2) is 18.2 Å². The van der Waals surface area contributed by atoms with Gasteiger partial charge < -0.3 is 9.47 Å². The lowest BCUT2D eigenvalue weighted by Gasteiger charge is -2.31. The zero-order chi connectivity index (χ0) is 13.7. The number of hydrogen-bond acceptors (Lipinski definition) is 4. The fraction of sp³-hybridized carbons (Fsp3) is 0.533. The molecule has 1 heterocycles. The molecule has 0 atom stereocenters. The van der Waals surface area contributed by atoms with Gasteiger partial charge in [-0.1, -0.05) is 6.07 Å². The first kappa shape index (κ1) is 13.7. The number of piperidine rings is 1. The van der Waals surface area contributed by atoms with Crippen molar-refractivity contribution in [1.82, 2.24) is 4.90 Å². The van der Waals surface area contributed by atoms with E-state index < -0.39 is 0 Å². The van der Waals surface area contributed by atoms with Gasteiger partial charge in [-0.3, -0.25) is 4.90 Å². The van der Waals surface area contributed by atoms with E-state index in [4.69, 9.17) is 14.7 Å². The predicted molar refractivity (Wildman–Crippen MR) is 73.6 cm³/mol. The van der Waals surface area contributed by atoms with Gasteiger partial charge in [0.2, 0.25) is 0 Å². The number of benzene rings is 1. The van der Waals surface area contributed by atoms with Gasteiger partial charge in [-0.25, -0.2) is 0 Å². The monoisotopic (exact) mass is 260 g/mol. The van der Waals surface area contributed by atoms with Crippen LogP contribution in [0.5, 0.6) is 11.5 Å². The van der Waals surface area contributed by atoms with E-state index in [-0.39, 0.29) is 0 Å². The van der Waals surface area contributed by atoms with Crippen molar-refractivity contribution >= 4 is 0 Å². The maximum atomic E-state index is 8.72. The summed E-state index contributed by atoms with van der Waals surface area (Å²) < 4.78 is 10.7. The summed E-state index contributed by atoms with van der Waals surface area (Å²) in [5.41, 5.74) is 1.25. The van der Waals surface area contributed by atoms with Crippen LogP contribution < -0.4 is 9.47 Å². The summed E-state index contributed by atoms with van der Waals surface area (Å²) in [5, 5.41) is 8.72. The lowest BCUT2D eigenvalue weighted by molar-refractivity contribution is 0.232. The van der Waals surface area contributed by atoms with Crippen molar-refractivity contribution in [1.29, 1.82) is 5.26 Å². The van der Waals surface area contributed by atoms with Crippen molar-refractivity contribution in [3.63, 3.8) is 0 Å². The molecule has 1 saturated heterocycles. The van der Waals surface area contributed by atoms with Gasteiger partial charge in [-0.15, -0.1) is 0 Å². The fourth-order valence-corrected chi connectivity index (χ4v) is 2.66. The van der Waals surface area contributed by atoms with Gasteiger partial charge in [0.25, 0.3) is 0 Å². The first-order chi connectivity index (χ1) is 9.28. The molecule has 1 aromatic rings. The van der Waals surface area contributed by atoms with E-state index in [9.17, 15) is 0 Å². The van der Waals surface area contributed by atoms with Gasteiger partial charge in [0, 0.05) is 6.07 Å². The Morgan fingerprint density at radius 1 is 1.26 bits per heavy atom. The fourth-order valence-electron chi connectivity index (χ4n) is 2.66. The summed E-state index contributed by atoms with van der Waals surface area (Å²) in [6, 6.07) is 8.24. The topological polar surface area (TPSA) is 45.5 Å². The zero-order valence-electron chi connectivity index (χ0n) is 11.6. The van der Waals surface area contributed by atoms with Gasteiger partial charge in [-0.05, 0) is 43.5 Å². The number of nitrogens with zero attached hydrogens (tertiary/aromatic N) is 2. The van der Waals surface area contributed by atoms with E-state index in [0.717, 1.165) is 37.4 Å². The molecular formula is C15H20N2O2. The highest BCUT2D eigenvalue weighted by Gasteiger charge is 2.23. The second-order valence-corrected chi connectivity index (χ2v) is 4.82. The maximum Gasteiger partial charge on any atom is 0.126 e. The predicted octanol–water partition coefficient (Wildman–Crippen LogP) is 2.41. The van der Waals surface area contributed by atoms with Crippen molar-refractivity contribution in [3.05, 3.63) is 23.8 Å². The molecule has 0 unspecified atom stereocenters. The summed E-state index contributed by atoms with van der Waals surface area (Å²) >= 11 is 0. The number of hydrogen-bond donors (Lipinski definition) is 0. The van der Waals surface area contributed by atoms with Gasteiger partial charge in [0.1, 0.15) is 11.5 Å². The van der Waals surface area contributed by atoms with Crippen molar-refractivity contribution in [3.8, 4) is 17.6 Å². The van der Waals surface area contributed by atoms with Crippen molar-refractivity contribution in [2.75, 3.05) is 33.9 Å². The molecule has 1 fully saturated rings. The summed E-state index contributed by atoms with van der Waals surface area (Å²) in [7, 11) is 3.36. The van der Waals surface area contributed by atoms with Crippen LogP contribution >= 0.6 is 0 Å². The Morgan fingerprint density at radius 2 is 2.00 bits per heavy atom.